The van der Waals surface area contributed by atoms with Crippen LogP contribution in [0.5, 0.6) is 5.75 Å². The lowest BCUT2D eigenvalue weighted by Crippen LogP contribution is -2.41. The van der Waals surface area contributed by atoms with Gasteiger partial charge in [-0.15, -0.1) is 13.2 Å². The van der Waals surface area contributed by atoms with Crippen LogP contribution in [-0.2, 0) is 20.7 Å². The van der Waals surface area contributed by atoms with Crippen LogP contribution < -0.4 is 10.2 Å². The first-order chi connectivity index (χ1) is 11.5. The standard InChI is InChI=1S/C17H22BF3O4/c1-15(2)16(3,4)25-18(24-15)14-8-7-13(23-17(19,20)21)9-11(14)10-22-12-5-6-12/h7-9,12H,5-6,10H2,1-4H3. The second-order valence-corrected chi connectivity index (χ2v) is 7.51. The summed E-state index contributed by atoms with van der Waals surface area (Å²) in [5.41, 5.74) is 0.168. The summed E-state index contributed by atoms with van der Waals surface area (Å²) in [6.07, 6.45) is -2.60. The van der Waals surface area contributed by atoms with Crippen molar-refractivity contribution in [3.05, 3.63) is 23.8 Å². The number of rotatable bonds is 5. The van der Waals surface area contributed by atoms with Crippen LogP contribution >= 0.6 is 0 Å². The quantitative estimate of drug-likeness (QED) is 0.755. The van der Waals surface area contributed by atoms with Crippen LogP contribution in [0.15, 0.2) is 18.2 Å². The molecule has 25 heavy (non-hydrogen) atoms. The Morgan fingerprint density at radius 2 is 1.72 bits per heavy atom. The number of ether oxygens (including phenoxy) is 2. The van der Waals surface area contributed by atoms with E-state index in [0.717, 1.165) is 12.8 Å². The molecule has 0 unspecified atom stereocenters. The normalized spacial score (nSPS) is 22.3. The van der Waals surface area contributed by atoms with E-state index in [1.165, 1.54) is 12.1 Å². The number of hydrogen-bond acceptors (Lipinski definition) is 4. The molecule has 0 radical (unpaired) electrons. The summed E-state index contributed by atoms with van der Waals surface area (Å²) in [6.45, 7) is 7.89. The van der Waals surface area contributed by atoms with E-state index < -0.39 is 24.7 Å². The summed E-state index contributed by atoms with van der Waals surface area (Å²) in [7, 11) is -0.664. The van der Waals surface area contributed by atoms with Gasteiger partial charge in [0.05, 0.1) is 23.9 Å². The highest BCUT2D eigenvalue weighted by atomic mass is 19.4. The van der Waals surface area contributed by atoms with Crippen molar-refractivity contribution in [3.8, 4) is 5.75 Å². The minimum Gasteiger partial charge on any atom is -0.406 e. The SMILES string of the molecule is CC1(C)OB(c2ccc(OC(F)(F)F)cc2COC2CC2)OC1(C)C. The molecule has 0 bridgehead atoms. The van der Waals surface area contributed by atoms with Gasteiger partial charge in [0.1, 0.15) is 5.75 Å². The van der Waals surface area contributed by atoms with Crippen LogP contribution in [0.3, 0.4) is 0 Å². The van der Waals surface area contributed by atoms with Crippen LogP contribution in [0.4, 0.5) is 13.2 Å². The van der Waals surface area contributed by atoms with Crippen molar-refractivity contribution in [3.63, 3.8) is 0 Å². The third-order valence-corrected chi connectivity index (χ3v) is 4.85. The van der Waals surface area contributed by atoms with Gasteiger partial charge >= 0.3 is 13.5 Å². The predicted molar refractivity (Wildman–Crippen MR) is 86.7 cm³/mol. The average molecular weight is 358 g/mol. The largest absolute Gasteiger partial charge is 0.573 e. The molecule has 1 aliphatic carbocycles. The molecule has 2 fully saturated rings. The van der Waals surface area contributed by atoms with E-state index in [-0.39, 0.29) is 18.5 Å². The molecule has 2 aliphatic rings. The molecule has 8 heteroatoms. The zero-order chi connectivity index (χ0) is 18.5. The first-order valence-electron chi connectivity index (χ1n) is 8.33. The van der Waals surface area contributed by atoms with Gasteiger partial charge in [-0.05, 0) is 63.7 Å². The van der Waals surface area contributed by atoms with Crippen molar-refractivity contribution in [1.82, 2.24) is 0 Å². The molecule has 4 nitrogen and oxygen atoms in total. The van der Waals surface area contributed by atoms with E-state index in [2.05, 4.69) is 4.74 Å². The summed E-state index contributed by atoms with van der Waals surface area (Å²) in [6, 6.07) is 4.17. The molecule has 1 saturated heterocycles. The third-order valence-electron chi connectivity index (χ3n) is 4.85. The molecule has 1 aromatic carbocycles. The summed E-state index contributed by atoms with van der Waals surface area (Å²) < 4.78 is 59.2. The Morgan fingerprint density at radius 3 is 2.24 bits per heavy atom. The highest BCUT2D eigenvalue weighted by Gasteiger charge is 2.52. The molecule has 0 amide bonds. The van der Waals surface area contributed by atoms with Crippen molar-refractivity contribution < 1.29 is 32.0 Å². The lowest BCUT2D eigenvalue weighted by molar-refractivity contribution is -0.274. The Bertz CT molecular complexity index is 625. The minimum absolute atomic E-state index is 0.179. The Hall–Kier alpha value is -1.25. The second-order valence-electron chi connectivity index (χ2n) is 7.51. The van der Waals surface area contributed by atoms with Gasteiger partial charge in [-0.2, -0.15) is 0 Å². The Labute approximate surface area is 145 Å². The average Bonchev–Trinajstić information content (AvgIpc) is 3.22. The fourth-order valence-corrected chi connectivity index (χ4v) is 2.55. The maximum atomic E-state index is 12.5. The fraction of sp³-hybridized carbons (Fsp3) is 0.647. The number of hydrogen-bond donors (Lipinski definition) is 0. The zero-order valence-corrected chi connectivity index (χ0v) is 14.8. The molecular formula is C17H22BF3O4. The smallest absolute Gasteiger partial charge is 0.406 e. The van der Waals surface area contributed by atoms with Crippen LogP contribution in [0.1, 0.15) is 46.1 Å². The molecule has 1 saturated carbocycles. The van der Waals surface area contributed by atoms with Gasteiger partial charge in [-0.3, -0.25) is 0 Å². The number of halogens is 3. The summed E-state index contributed by atoms with van der Waals surface area (Å²) in [4.78, 5) is 0. The topological polar surface area (TPSA) is 36.9 Å². The first-order valence-corrected chi connectivity index (χ1v) is 8.33. The van der Waals surface area contributed by atoms with Crippen LogP contribution in [-0.4, -0.2) is 30.8 Å². The molecule has 1 aromatic rings. The molecule has 1 aliphatic heterocycles. The van der Waals surface area contributed by atoms with Gasteiger partial charge in [0, 0.05) is 0 Å². The van der Waals surface area contributed by atoms with Gasteiger partial charge in [-0.1, -0.05) is 6.07 Å². The summed E-state index contributed by atoms with van der Waals surface area (Å²) >= 11 is 0. The highest BCUT2D eigenvalue weighted by molar-refractivity contribution is 6.62. The molecule has 0 aromatic heterocycles. The maximum absolute atomic E-state index is 12.5. The van der Waals surface area contributed by atoms with E-state index in [1.807, 2.05) is 27.7 Å². The number of alkyl halides is 3. The number of benzene rings is 1. The lowest BCUT2D eigenvalue weighted by Gasteiger charge is -2.32. The Balaban J connectivity index is 1.86. The summed E-state index contributed by atoms with van der Waals surface area (Å²) in [5, 5.41) is 0. The van der Waals surface area contributed by atoms with Gasteiger partial charge in [-0.25, -0.2) is 0 Å². The van der Waals surface area contributed by atoms with Gasteiger partial charge < -0.3 is 18.8 Å². The minimum atomic E-state index is -4.74. The molecular weight excluding hydrogens is 336 g/mol. The Morgan fingerprint density at radius 1 is 1.12 bits per heavy atom. The van der Waals surface area contributed by atoms with E-state index in [1.54, 1.807) is 6.07 Å². The molecule has 3 rings (SSSR count). The maximum Gasteiger partial charge on any atom is 0.573 e. The predicted octanol–water partition coefficient (Wildman–Crippen LogP) is 3.56. The molecule has 138 valence electrons. The van der Waals surface area contributed by atoms with Crippen molar-refractivity contribution in [2.45, 2.75) is 70.8 Å². The molecule has 0 N–H and O–H groups in total. The van der Waals surface area contributed by atoms with Crippen LogP contribution in [0, 0.1) is 0 Å². The second kappa shape index (κ2) is 6.18. The molecule has 0 atom stereocenters. The van der Waals surface area contributed by atoms with Crippen molar-refractivity contribution in [1.29, 1.82) is 0 Å². The van der Waals surface area contributed by atoms with E-state index >= 15 is 0 Å². The first kappa shape index (κ1) is 18.5. The fourth-order valence-electron chi connectivity index (χ4n) is 2.55. The van der Waals surface area contributed by atoms with Gasteiger partial charge in [0.25, 0.3) is 0 Å². The molecule has 1 heterocycles. The Kier molecular flexibility index (Phi) is 4.58. The molecule has 0 spiro atoms. The van der Waals surface area contributed by atoms with Crippen molar-refractivity contribution in [2.75, 3.05) is 0 Å². The van der Waals surface area contributed by atoms with E-state index in [9.17, 15) is 13.2 Å². The van der Waals surface area contributed by atoms with Crippen LogP contribution in [0.2, 0.25) is 0 Å². The van der Waals surface area contributed by atoms with Gasteiger partial charge in [0.2, 0.25) is 0 Å². The third kappa shape index (κ3) is 4.30. The van der Waals surface area contributed by atoms with Crippen molar-refractivity contribution in [2.24, 2.45) is 0 Å². The lowest BCUT2D eigenvalue weighted by atomic mass is 9.76. The highest BCUT2D eigenvalue weighted by Crippen LogP contribution is 2.37. The van der Waals surface area contributed by atoms with Gasteiger partial charge in [0.15, 0.2) is 0 Å². The van der Waals surface area contributed by atoms with Crippen molar-refractivity contribution >= 4 is 12.6 Å². The van der Waals surface area contributed by atoms with Crippen LogP contribution in [0.25, 0.3) is 0 Å². The summed E-state index contributed by atoms with van der Waals surface area (Å²) in [5.74, 6) is -0.276. The monoisotopic (exact) mass is 358 g/mol. The zero-order valence-electron chi connectivity index (χ0n) is 14.8. The van der Waals surface area contributed by atoms with E-state index in [0.29, 0.717) is 11.0 Å². The van der Waals surface area contributed by atoms with E-state index in [4.69, 9.17) is 14.0 Å².